The molecule has 0 aromatic rings. The zero-order valence-corrected chi connectivity index (χ0v) is 12.0. The number of likely N-dealkylation sites (tertiary alicyclic amines) is 1. The first-order valence-electron chi connectivity index (χ1n) is 7.40. The minimum Gasteiger partial charge on any atom is -0.389 e. The van der Waals surface area contributed by atoms with E-state index in [2.05, 4.69) is 11.8 Å². The van der Waals surface area contributed by atoms with Crippen molar-refractivity contribution in [2.75, 3.05) is 32.8 Å². The minimum atomic E-state index is -0.649. The maximum atomic E-state index is 10.1. The first kappa shape index (κ1) is 15.9. The number of hydrogen-bond acceptors (Lipinski definition) is 4. The first-order valence-corrected chi connectivity index (χ1v) is 7.40. The normalized spacial score (nSPS) is 22.0. The summed E-state index contributed by atoms with van der Waals surface area (Å²) in [6.45, 7) is 8.57. The van der Waals surface area contributed by atoms with Crippen LogP contribution in [-0.2, 0) is 4.74 Å². The molecule has 1 aliphatic rings. The van der Waals surface area contributed by atoms with E-state index < -0.39 is 5.60 Å². The highest BCUT2D eigenvalue weighted by Crippen LogP contribution is 2.18. The molecule has 0 saturated carbocycles. The van der Waals surface area contributed by atoms with E-state index in [1.54, 1.807) is 0 Å². The predicted molar refractivity (Wildman–Crippen MR) is 74.6 cm³/mol. The van der Waals surface area contributed by atoms with Crippen molar-refractivity contribution in [3.05, 3.63) is 0 Å². The highest BCUT2D eigenvalue weighted by atomic mass is 16.5. The Hall–Kier alpha value is -0.160. The van der Waals surface area contributed by atoms with Gasteiger partial charge in [-0.3, -0.25) is 0 Å². The smallest absolute Gasteiger partial charge is 0.0767 e. The molecule has 1 aliphatic heterocycles. The number of rotatable bonds is 8. The van der Waals surface area contributed by atoms with Crippen LogP contribution in [0.3, 0.4) is 0 Å². The Morgan fingerprint density at radius 3 is 2.50 bits per heavy atom. The van der Waals surface area contributed by atoms with Gasteiger partial charge in [0.15, 0.2) is 0 Å². The second-order valence-corrected chi connectivity index (χ2v) is 5.38. The summed E-state index contributed by atoms with van der Waals surface area (Å²) in [5, 5.41) is 10.1. The number of ether oxygens (including phenoxy) is 1. The molecule has 1 fully saturated rings. The van der Waals surface area contributed by atoms with Crippen molar-refractivity contribution in [1.29, 1.82) is 0 Å². The summed E-state index contributed by atoms with van der Waals surface area (Å²) in [5.74, 6) is 0. The van der Waals surface area contributed by atoms with Crippen molar-refractivity contribution in [2.24, 2.45) is 5.73 Å². The third-order valence-electron chi connectivity index (χ3n) is 4.09. The van der Waals surface area contributed by atoms with Crippen LogP contribution in [0.5, 0.6) is 0 Å². The van der Waals surface area contributed by atoms with Gasteiger partial charge >= 0.3 is 0 Å². The van der Waals surface area contributed by atoms with Gasteiger partial charge in [-0.25, -0.2) is 0 Å². The Morgan fingerprint density at radius 2 is 2.00 bits per heavy atom. The Bertz CT molecular complexity index is 212. The van der Waals surface area contributed by atoms with E-state index >= 15 is 0 Å². The van der Waals surface area contributed by atoms with Gasteiger partial charge in [0.2, 0.25) is 0 Å². The van der Waals surface area contributed by atoms with Crippen molar-refractivity contribution in [1.82, 2.24) is 4.90 Å². The molecule has 0 radical (unpaired) electrons. The van der Waals surface area contributed by atoms with Gasteiger partial charge in [0, 0.05) is 26.2 Å². The van der Waals surface area contributed by atoms with Crippen molar-refractivity contribution >= 4 is 0 Å². The number of hydrogen-bond donors (Lipinski definition) is 2. The Kier molecular flexibility index (Phi) is 7.15. The average Bonchev–Trinajstić information content (AvgIpc) is 2.41. The van der Waals surface area contributed by atoms with Crippen molar-refractivity contribution < 1.29 is 9.84 Å². The van der Waals surface area contributed by atoms with Crippen LogP contribution < -0.4 is 5.73 Å². The molecule has 1 rings (SSSR count). The van der Waals surface area contributed by atoms with Crippen LogP contribution in [0.15, 0.2) is 0 Å². The highest BCUT2D eigenvalue weighted by Gasteiger charge is 2.23. The lowest BCUT2D eigenvalue weighted by molar-refractivity contribution is 0.00784. The lowest BCUT2D eigenvalue weighted by Crippen LogP contribution is -2.40. The molecule has 0 aromatic heterocycles. The second kappa shape index (κ2) is 8.10. The second-order valence-electron chi connectivity index (χ2n) is 5.38. The minimum absolute atomic E-state index is 0.371. The fourth-order valence-corrected chi connectivity index (χ4v) is 2.59. The van der Waals surface area contributed by atoms with E-state index in [1.807, 2.05) is 6.92 Å². The summed E-state index contributed by atoms with van der Waals surface area (Å²) < 4.78 is 5.64. The van der Waals surface area contributed by atoms with Crippen molar-refractivity contribution in [3.63, 3.8) is 0 Å². The number of piperidine rings is 1. The molecule has 0 aromatic carbocycles. The van der Waals surface area contributed by atoms with Gasteiger partial charge in [-0.05, 0) is 45.6 Å². The standard InChI is InChI=1S/C14H30N2O2/c1-3-14(17,12-15)8-5-9-16-10-6-13(7-11-16)18-4-2/h13,17H,3-12,15H2,1-2H3. The van der Waals surface area contributed by atoms with Gasteiger partial charge in [-0.1, -0.05) is 6.92 Å². The van der Waals surface area contributed by atoms with Crippen LogP contribution in [0.1, 0.15) is 46.0 Å². The summed E-state index contributed by atoms with van der Waals surface area (Å²) in [4.78, 5) is 2.47. The van der Waals surface area contributed by atoms with Crippen molar-refractivity contribution in [3.8, 4) is 0 Å². The summed E-state index contributed by atoms with van der Waals surface area (Å²) in [7, 11) is 0. The van der Waals surface area contributed by atoms with Crippen LogP contribution in [0.25, 0.3) is 0 Å². The van der Waals surface area contributed by atoms with E-state index in [4.69, 9.17) is 10.5 Å². The van der Waals surface area contributed by atoms with E-state index in [1.165, 1.54) is 0 Å². The van der Waals surface area contributed by atoms with E-state index in [-0.39, 0.29) is 0 Å². The average molecular weight is 258 g/mol. The molecule has 18 heavy (non-hydrogen) atoms. The summed E-state index contributed by atoms with van der Waals surface area (Å²) in [5.41, 5.74) is 4.96. The third-order valence-corrected chi connectivity index (χ3v) is 4.09. The van der Waals surface area contributed by atoms with Crippen LogP contribution in [0.4, 0.5) is 0 Å². The molecule has 4 heteroatoms. The molecule has 1 unspecified atom stereocenters. The van der Waals surface area contributed by atoms with Crippen LogP contribution in [0, 0.1) is 0 Å². The highest BCUT2D eigenvalue weighted by molar-refractivity contribution is 4.79. The maximum absolute atomic E-state index is 10.1. The molecule has 1 heterocycles. The summed E-state index contributed by atoms with van der Waals surface area (Å²) in [6.07, 6.45) is 5.33. The number of nitrogens with two attached hydrogens (primary N) is 1. The van der Waals surface area contributed by atoms with Crippen molar-refractivity contribution in [2.45, 2.75) is 57.7 Å². The fourth-order valence-electron chi connectivity index (χ4n) is 2.59. The monoisotopic (exact) mass is 258 g/mol. The number of aliphatic hydroxyl groups is 1. The lowest BCUT2D eigenvalue weighted by atomic mass is 9.94. The van der Waals surface area contributed by atoms with Gasteiger partial charge in [-0.15, -0.1) is 0 Å². The van der Waals surface area contributed by atoms with Crippen LogP contribution >= 0.6 is 0 Å². The van der Waals surface area contributed by atoms with Gasteiger partial charge in [-0.2, -0.15) is 0 Å². The molecular formula is C14H30N2O2. The molecule has 0 amide bonds. The van der Waals surface area contributed by atoms with E-state index in [0.717, 1.165) is 58.3 Å². The molecule has 3 N–H and O–H groups in total. The van der Waals surface area contributed by atoms with Crippen LogP contribution in [-0.4, -0.2) is 54.5 Å². The topological polar surface area (TPSA) is 58.7 Å². The molecule has 108 valence electrons. The third kappa shape index (κ3) is 5.22. The summed E-state index contributed by atoms with van der Waals surface area (Å²) >= 11 is 0. The lowest BCUT2D eigenvalue weighted by Gasteiger charge is -2.32. The van der Waals surface area contributed by atoms with Gasteiger partial charge < -0.3 is 20.5 Å². The molecule has 1 atom stereocenters. The molecular weight excluding hydrogens is 228 g/mol. The SMILES string of the molecule is CCOC1CCN(CCCC(O)(CC)CN)CC1. The largest absolute Gasteiger partial charge is 0.389 e. The molecule has 1 saturated heterocycles. The van der Waals surface area contributed by atoms with Crippen LogP contribution in [0.2, 0.25) is 0 Å². The van der Waals surface area contributed by atoms with Gasteiger partial charge in [0.05, 0.1) is 11.7 Å². The zero-order valence-electron chi connectivity index (χ0n) is 12.0. The Labute approximate surface area is 111 Å². The predicted octanol–water partition coefficient (Wildman–Crippen LogP) is 1.37. The molecule has 0 bridgehead atoms. The van der Waals surface area contributed by atoms with E-state index in [9.17, 15) is 5.11 Å². The maximum Gasteiger partial charge on any atom is 0.0767 e. The molecule has 0 spiro atoms. The van der Waals surface area contributed by atoms with E-state index in [0.29, 0.717) is 12.6 Å². The fraction of sp³-hybridized carbons (Fsp3) is 1.00. The van der Waals surface area contributed by atoms with Gasteiger partial charge in [0.1, 0.15) is 0 Å². The quantitative estimate of drug-likeness (QED) is 0.690. The first-order chi connectivity index (χ1) is 8.63. The Balaban J connectivity index is 2.14. The zero-order chi connectivity index (χ0) is 13.4. The number of nitrogens with zero attached hydrogens (tertiary/aromatic N) is 1. The molecule has 4 nitrogen and oxygen atoms in total. The molecule has 0 aliphatic carbocycles. The van der Waals surface area contributed by atoms with Gasteiger partial charge in [0.25, 0.3) is 0 Å². The summed E-state index contributed by atoms with van der Waals surface area (Å²) in [6, 6.07) is 0. The Morgan fingerprint density at radius 1 is 1.33 bits per heavy atom.